The summed E-state index contributed by atoms with van der Waals surface area (Å²) in [5.74, 6) is 0.723. The molecule has 1 aromatic rings. The maximum absolute atomic E-state index is 12.6. The number of piperazine rings is 1. The van der Waals surface area contributed by atoms with Gasteiger partial charge in [0.05, 0.1) is 3.79 Å². The molecular weight excluding hydrogens is 400 g/mol. The summed E-state index contributed by atoms with van der Waals surface area (Å²) in [6.07, 6.45) is 5.42. The fraction of sp³-hybridized carbons (Fsp3) is 0.667. The van der Waals surface area contributed by atoms with Crippen molar-refractivity contribution in [1.29, 1.82) is 0 Å². The van der Waals surface area contributed by atoms with E-state index in [0.717, 1.165) is 16.6 Å². The third-order valence-corrected chi connectivity index (χ3v) is 8.66. The summed E-state index contributed by atoms with van der Waals surface area (Å²) in [6, 6.07) is 3.38. The second-order valence-corrected chi connectivity index (χ2v) is 10.8. The number of rotatable bonds is 4. The second kappa shape index (κ2) is 7.21. The van der Waals surface area contributed by atoms with Crippen LogP contribution in [0, 0.1) is 5.92 Å². The number of nitrogens with zero attached hydrogens (tertiary/aromatic N) is 2. The van der Waals surface area contributed by atoms with Gasteiger partial charge in [0.2, 0.25) is 5.91 Å². The van der Waals surface area contributed by atoms with Gasteiger partial charge >= 0.3 is 0 Å². The second-order valence-electron chi connectivity index (χ2n) is 6.20. The summed E-state index contributed by atoms with van der Waals surface area (Å²) in [5, 5.41) is 0. The molecule has 0 unspecified atom stereocenters. The van der Waals surface area contributed by atoms with Crippen molar-refractivity contribution in [1.82, 2.24) is 9.21 Å². The molecule has 128 valence electrons. The monoisotopic (exact) mass is 420 g/mol. The SMILES string of the molecule is O=C(CC1CCCC1)N1CCN(S(=O)(=O)c2ccc(Br)s2)CC1. The average molecular weight is 421 g/mol. The van der Waals surface area contributed by atoms with E-state index < -0.39 is 10.0 Å². The summed E-state index contributed by atoms with van der Waals surface area (Å²) in [7, 11) is -3.43. The van der Waals surface area contributed by atoms with Crippen LogP contribution in [0.1, 0.15) is 32.1 Å². The van der Waals surface area contributed by atoms with Crippen molar-refractivity contribution in [2.75, 3.05) is 26.2 Å². The van der Waals surface area contributed by atoms with E-state index in [1.54, 1.807) is 12.1 Å². The standard InChI is InChI=1S/C15H21BrN2O3S2/c16-13-5-6-15(22-13)23(20,21)18-9-7-17(8-10-18)14(19)11-12-3-1-2-4-12/h5-6,12H,1-4,7-11H2. The van der Waals surface area contributed by atoms with Crippen LogP contribution < -0.4 is 0 Å². The summed E-state index contributed by atoms with van der Waals surface area (Å²) in [4.78, 5) is 14.2. The summed E-state index contributed by atoms with van der Waals surface area (Å²) < 4.78 is 27.8. The molecule has 1 aliphatic heterocycles. The van der Waals surface area contributed by atoms with Gasteiger partial charge in [0.25, 0.3) is 10.0 Å². The zero-order valence-corrected chi connectivity index (χ0v) is 16.1. The lowest BCUT2D eigenvalue weighted by Crippen LogP contribution is -2.50. The molecule has 23 heavy (non-hydrogen) atoms. The number of amides is 1. The van der Waals surface area contributed by atoms with Crippen LogP contribution in [0.15, 0.2) is 20.1 Å². The van der Waals surface area contributed by atoms with Crippen molar-refractivity contribution in [3.63, 3.8) is 0 Å². The summed E-state index contributed by atoms with van der Waals surface area (Å²) >= 11 is 4.52. The number of sulfonamides is 1. The Hall–Kier alpha value is -0.440. The fourth-order valence-corrected chi connectivity index (χ4v) is 6.92. The van der Waals surface area contributed by atoms with Crippen LogP contribution in [0.4, 0.5) is 0 Å². The Morgan fingerprint density at radius 2 is 1.83 bits per heavy atom. The predicted molar refractivity (Wildman–Crippen MR) is 93.9 cm³/mol. The first kappa shape index (κ1) is 17.4. The molecule has 1 aliphatic carbocycles. The number of hydrogen-bond acceptors (Lipinski definition) is 4. The first-order valence-electron chi connectivity index (χ1n) is 8.00. The molecule has 8 heteroatoms. The highest BCUT2D eigenvalue weighted by atomic mass is 79.9. The molecule has 2 aliphatic rings. The van der Waals surface area contributed by atoms with Gasteiger partial charge in [-0.2, -0.15) is 4.31 Å². The van der Waals surface area contributed by atoms with Crippen LogP contribution >= 0.6 is 27.3 Å². The largest absolute Gasteiger partial charge is 0.340 e. The molecular formula is C15H21BrN2O3S2. The Balaban J connectivity index is 1.56. The minimum atomic E-state index is -3.43. The number of carbonyl (C=O) groups is 1. The van der Waals surface area contributed by atoms with E-state index in [9.17, 15) is 13.2 Å². The van der Waals surface area contributed by atoms with Gasteiger partial charge in [-0.15, -0.1) is 11.3 Å². The molecule has 0 N–H and O–H groups in total. The molecule has 0 bridgehead atoms. The van der Waals surface area contributed by atoms with Gasteiger partial charge in [0, 0.05) is 32.6 Å². The Morgan fingerprint density at radius 3 is 2.39 bits per heavy atom. The molecule has 1 saturated heterocycles. The van der Waals surface area contributed by atoms with E-state index >= 15 is 0 Å². The summed E-state index contributed by atoms with van der Waals surface area (Å²) in [5.41, 5.74) is 0. The smallest absolute Gasteiger partial charge is 0.252 e. The highest BCUT2D eigenvalue weighted by Gasteiger charge is 2.31. The Kier molecular flexibility index (Phi) is 5.45. The number of thiophene rings is 1. The van der Waals surface area contributed by atoms with Gasteiger partial charge in [-0.05, 0) is 46.8 Å². The maximum Gasteiger partial charge on any atom is 0.252 e. The third kappa shape index (κ3) is 3.97. The van der Waals surface area contributed by atoms with Crippen molar-refractivity contribution < 1.29 is 13.2 Å². The molecule has 2 fully saturated rings. The van der Waals surface area contributed by atoms with Crippen molar-refractivity contribution in [3.05, 3.63) is 15.9 Å². The predicted octanol–water partition coefficient (Wildman–Crippen LogP) is 2.92. The number of carbonyl (C=O) groups excluding carboxylic acids is 1. The van der Waals surface area contributed by atoms with Crippen LogP contribution in [-0.4, -0.2) is 49.7 Å². The summed E-state index contributed by atoms with van der Waals surface area (Å²) in [6.45, 7) is 1.76. The van der Waals surface area contributed by atoms with Crippen LogP contribution in [0.3, 0.4) is 0 Å². The number of hydrogen-bond donors (Lipinski definition) is 0. The number of halogens is 1. The molecule has 0 spiro atoms. The molecule has 1 saturated carbocycles. The average Bonchev–Trinajstić information content (AvgIpc) is 3.19. The third-order valence-electron chi connectivity index (χ3n) is 4.67. The lowest BCUT2D eigenvalue weighted by molar-refractivity contribution is -0.133. The van der Waals surface area contributed by atoms with Crippen molar-refractivity contribution in [2.24, 2.45) is 5.92 Å². The minimum absolute atomic E-state index is 0.188. The Labute approximate surface area is 149 Å². The van der Waals surface area contributed by atoms with Crippen LogP contribution in [0.2, 0.25) is 0 Å². The molecule has 2 heterocycles. The molecule has 0 radical (unpaired) electrons. The zero-order chi connectivity index (χ0) is 16.4. The van der Waals surface area contributed by atoms with Gasteiger partial charge in [-0.3, -0.25) is 4.79 Å². The fourth-order valence-electron chi connectivity index (χ4n) is 3.33. The van der Waals surface area contributed by atoms with Gasteiger partial charge in [-0.1, -0.05) is 12.8 Å². The van der Waals surface area contributed by atoms with Crippen molar-refractivity contribution >= 4 is 43.2 Å². The minimum Gasteiger partial charge on any atom is -0.340 e. The van der Waals surface area contributed by atoms with Crippen LogP contribution in [0.5, 0.6) is 0 Å². The van der Waals surface area contributed by atoms with Crippen LogP contribution in [0.25, 0.3) is 0 Å². The highest BCUT2D eigenvalue weighted by Crippen LogP contribution is 2.30. The molecule has 3 rings (SSSR count). The topological polar surface area (TPSA) is 57.7 Å². The Morgan fingerprint density at radius 1 is 1.17 bits per heavy atom. The lowest BCUT2D eigenvalue weighted by atomic mass is 10.0. The Bertz CT molecular complexity index is 660. The van der Waals surface area contributed by atoms with E-state index in [1.807, 2.05) is 4.90 Å². The van der Waals surface area contributed by atoms with Crippen molar-refractivity contribution in [3.8, 4) is 0 Å². The van der Waals surface area contributed by atoms with Crippen LogP contribution in [-0.2, 0) is 14.8 Å². The molecule has 1 amide bonds. The normalized spacial score (nSPS) is 21.0. The molecule has 1 aromatic heterocycles. The van der Waals surface area contributed by atoms with Gasteiger partial charge in [0.15, 0.2) is 0 Å². The van der Waals surface area contributed by atoms with Gasteiger partial charge in [0.1, 0.15) is 4.21 Å². The van der Waals surface area contributed by atoms with E-state index in [4.69, 9.17) is 0 Å². The first-order chi connectivity index (χ1) is 11.0. The zero-order valence-electron chi connectivity index (χ0n) is 12.9. The molecule has 0 atom stereocenters. The van der Waals surface area contributed by atoms with E-state index in [0.29, 0.717) is 42.7 Å². The molecule has 5 nitrogen and oxygen atoms in total. The first-order valence-corrected chi connectivity index (χ1v) is 11.0. The van der Waals surface area contributed by atoms with E-state index in [-0.39, 0.29) is 5.91 Å². The highest BCUT2D eigenvalue weighted by molar-refractivity contribution is 9.11. The van der Waals surface area contributed by atoms with Gasteiger partial charge in [-0.25, -0.2) is 8.42 Å². The quantitative estimate of drug-likeness (QED) is 0.751. The van der Waals surface area contributed by atoms with E-state index in [1.165, 1.54) is 28.5 Å². The van der Waals surface area contributed by atoms with Gasteiger partial charge < -0.3 is 4.90 Å². The van der Waals surface area contributed by atoms with Crippen molar-refractivity contribution in [2.45, 2.75) is 36.3 Å². The maximum atomic E-state index is 12.6. The lowest BCUT2D eigenvalue weighted by Gasteiger charge is -2.34. The van der Waals surface area contributed by atoms with E-state index in [2.05, 4.69) is 15.9 Å². The molecule has 0 aromatic carbocycles.